The molecule has 0 unspecified atom stereocenters. The third-order valence-electron chi connectivity index (χ3n) is 11.9. The Kier molecular flexibility index (Phi) is 14.8. The first-order chi connectivity index (χ1) is 28.9. The maximum absolute atomic E-state index is 14.5. The SMILES string of the molecule is C=CC1=C(C)C2=NC1=CC1=NC(=CC3=C(C)C(=C([O-])OCC[N+](C)(C)C)C(=N3)C(CC(=O)OCC[N+](C)(C)C)=C3NC(=C2)[C@@H](C)[C@@H]3CCC(=O)OCC[N+](C)(C)C)C(CC)=C1C. The lowest BCUT2D eigenvalue weighted by Gasteiger charge is -2.28. The number of nitrogens with one attached hydrogen (secondary N) is 1. The molecule has 0 radical (unpaired) electrons. The van der Waals surface area contributed by atoms with Gasteiger partial charge in [0.05, 0.1) is 117 Å². The molecule has 1 fully saturated rings. The van der Waals surface area contributed by atoms with Gasteiger partial charge in [-0.1, -0.05) is 26.5 Å². The number of nitrogens with zero attached hydrogens (tertiary/aromatic N) is 6. The number of aliphatic imine (C=N–C) groups is 3. The second-order valence-corrected chi connectivity index (χ2v) is 19.9. The van der Waals surface area contributed by atoms with E-state index in [9.17, 15) is 14.7 Å². The molecule has 8 bridgehead atoms. The molecular weight excluding hydrogens is 783 g/mol. The van der Waals surface area contributed by atoms with Crippen molar-refractivity contribution in [1.29, 1.82) is 0 Å². The summed E-state index contributed by atoms with van der Waals surface area (Å²) in [6.45, 7) is 16.9. The molecule has 0 amide bonds. The summed E-state index contributed by atoms with van der Waals surface area (Å²) in [5.74, 6) is -1.72. The molecule has 5 heterocycles. The Morgan fingerprint density at radius 3 is 1.90 bits per heavy atom. The van der Waals surface area contributed by atoms with Crippen molar-refractivity contribution in [3.05, 3.63) is 104 Å². The molecule has 336 valence electrons. The van der Waals surface area contributed by atoms with Crippen molar-refractivity contribution in [3.8, 4) is 0 Å². The second-order valence-electron chi connectivity index (χ2n) is 19.9. The first kappa shape index (κ1) is 47.9. The van der Waals surface area contributed by atoms with Crippen LogP contribution in [0.3, 0.4) is 0 Å². The van der Waals surface area contributed by atoms with Crippen LogP contribution in [0.1, 0.15) is 60.3 Å². The number of carbonyl (C=O) groups is 2. The first-order valence-electron chi connectivity index (χ1n) is 21.9. The van der Waals surface area contributed by atoms with Crippen molar-refractivity contribution in [2.45, 2.75) is 60.3 Å². The van der Waals surface area contributed by atoms with E-state index in [1.807, 2.05) is 80.4 Å². The fraction of sp³-hybridized carbons (Fsp3) is 0.531. The fourth-order valence-corrected chi connectivity index (χ4v) is 7.92. The number of ether oxygens (including phenoxy) is 3. The quantitative estimate of drug-likeness (QED) is 0.115. The van der Waals surface area contributed by atoms with E-state index in [0.717, 1.165) is 57.2 Å². The summed E-state index contributed by atoms with van der Waals surface area (Å²) in [6, 6.07) is 0. The summed E-state index contributed by atoms with van der Waals surface area (Å²) in [7, 11) is 18.4. The van der Waals surface area contributed by atoms with Crippen molar-refractivity contribution in [2.75, 3.05) is 103 Å². The predicted octanol–water partition coefficient (Wildman–Crippen LogP) is 5.59. The summed E-state index contributed by atoms with van der Waals surface area (Å²) in [6.07, 6.45) is 8.94. The minimum Gasteiger partial charge on any atom is -0.607 e. The average Bonchev–Trinajstić information content (AvgIpc) is 3.84. The minimum atomic E-state index is -0.524. The molecule has 0 aromatic carbocycles. The molecule has 5 rings (SSSR count). The van der Waals surface area contributed by atoms with Crippen molar-refractivity contribution in [1.82, 2.24) is 5.32 Å². The number of rotatable bonds is 17. The first-order valence-corrected chi connectivity index (χ1v) is 21.9. The van der Waals surface area contributed by atoms with E-state index in [1.54, 1.807) is 0 Å². The normalized spacial score (nSPS) is 21.3. The molecule has 0 saturated carbocycles. The highest BCUT2D eigenvalue weighted by Crippen LogP contribution is 2.43. The lowest BCUT2D eigenvalue weighted by molar-refractivity contribution is -0.870. The molecule has 0 aromatic heterocycles. The summed E-state index contributed by atoms with van der Waals surface area (Å²) >= 11 is 0. The Hall–Kier alpha value is -5.11. The number of likely N-dealkylation sites (N-methyl/N-ethyl adjacent to an activating group) is 3. The van der Waals surface area contributed by atoms with Crippen LogP contribution in [0.5, 0.6) is 0 Å². The number of carbonyl (C=O) groups excluding carboxylic acids is 2. The largest absolute Gasteiger partial charge is 0.607 e. The van der Waals surface area contributed by atoms with E-state index >= 15 is 0 Å². The van der Waals surface area contributed by atoms with E-state index in [0.29, 0.717) is 74.4 Å². The molecule has 0 spiro atoms. The van der Waals surface area contributed by atoms with E-state index < -0.39 is 11.9 Å². The standard InChI is InChI=1S/C49H71N7O6/c1-16-34-30(3)38-27-40-32(5)36(18-19-44(57)60-23-20-54(7,8)9)47(52-40)37(26-45(58)61-24-21-55(10,11)12)48-46(49(59)62-25-22-56(13,14)15)33(6)41(53-48)29-43-35(17-2)31(4)39(51-43)28-42(34)50-38/h16,27-29,32,36H,1,17-26H2,2-15H3,(H-,50,51,52,53,59)/q+2/t32-,36-/m0/s1. The number of allylic oxidation sites excluding steroid dienone is 11. The smallest absolute Gasteiger partial charge is 0.310 e. The summed E-state index contributed by atoms with van der Waals surface area (Å²) in [4.78, 5) is 42.9. The summed E-state index contributed by atoms with van der Waals surface area (Å²) in [5, 5.41) is 18.2. The van der Waals surface area contributed by atoms with Gasteiger partial charge in [0.25, 0.3) is 0 Å². The number of hydrogen-bond donors (Lipinski definition) is 1. The Balaban J connectivity index is 1.77. The van der Waals surface area contributed by atoms with Gasteiger partial charge in [0, 0.05) is 53.0 Å². The Labute approximate surface area is 370 Å². The number of fused-ring (bicyclic) bond motifs is 5. The topological polar surface area (TPSA) is 134 Å². The van der Waals surface area contributed by atoms with Gasteiger partial charge in [-0.3, -0.25) is 9.59 Å². The highest BCUT2D eigenvalue weighted by atomic mass is 16.6. The van der Waals surface area contributed by atoms with Gasteiger partial charge in [0.15, 0.2) is 0 Å². The third-order valence-corrected chi connectivity index (χ3v) is 11.9. The Morgan fingerprint density at radius 1 is 0.758 bits per heavy atom. The minimum absolute atomic E-state index is 0.148. The van der Waals surface area contributed by atoms with Gasteiger partial charge in [-0.15, -0.1) is 0 Å². The number of hydrogen-bond acceptors (Lipinski definition) is 10. The zero-order valence-electron chi connectivity index (χ0n) is 39.9. The molecule has 5 aliphatic heterocycles. The Bertz CT molecular complexity index is 2220. The predicted molar refractivity (Wildman–Crippen MR) is 245 cm³/mol. The van der Waals surface area contributed by atoms with Crippen molar-refractivity contribution in [2.24, 2.45) is 26.8 Å². The zero-order valence-corrected chi connectivity index (χ0v) is 39.9. The molecule has 62 heavy (non-hydrogen) atoms. The number of quaternary nitrogens is 3. The maximum Gasteiger partial charge on any atom is 0.310 e. The summed E-state index contributed by atoms with van der Waals surface area (Å²) < 4.78 is 19.5. The van der Waals surface area contributed by atoms with Gasteiger partial charge in [-0.2, -0.15) is 0 Å². The highest BCUT2D eigenvalue weighted by molar-refractivity contribution is 6.20. The maximum atomic E-state index is 14.5. The van der Waals surface area contributed by atoms with Gasteiger partial charge >= 0.3 is 11.9 Å². The zero-order chi connectivity index (χ0) is 45.9. The van der Waals surface area contributed by atoms with Gasteiger partial charge in [-0.05, 0) is 74.1 Å². The van der Waals surface area contributed by atoms with Crippen molar-refractivity contribution < 1.29 is 42.4 Å². The fourth-order valence-electron chi connectivity index (χ4n) is 7.92. The number of esters is 2. The molecular formula is C49H71N7O6+2. The molecule has 0 aliphatic carbocycles. The molecule has 1 N–H and O–H groups in total. The lowest BCUT2D eigenvalue weighted by Crippen LogP contribution is -2.38. The van der Waals surface area contributed by atoms with Crippen LogP contribution in [0.2, 0.25) is 0 Å². The van der Waals surface area contributed by atoms with Crippen LogP contribution in [0, 0.1) is 11.8 Å². The highest BCUT2D eigenvalue weighted by Gasteiger charge is 2.39. The van der Waals surface area contributed by atoms with Crippen LogP contribution in [-0.4, -0.2) is 145 Å². The van der Waals surface area contributed by atoms with Crippen LogP contribution < -0.4 is 10.4 Å². The van der Waals surface area contributed by atoms with Gasteiger partial charge in [-0.25, -0.2) is 15.0 Å². The molecule has 5 aliphatic rings. The van der Waals surface area contributed by atoms with Gasteiger partial charge in [0.1, 0.15) is 26.3 Å². The van der Waals surface area contributed by atoms with E-state index in [1.165, 1.54) is 0 Å². The van der Waals surface area contributed by atoms with Crippen LogP contribution in [0.4, 0.5) is 0 Å². The van der Waals surface area contributed by atoms with Crippen molar-refractivity contribution >= 4 is 29.1 Å². The molecule has 2 atom stereocenters. The van der Waals surface area contributed by atoms with Crippen LogP contribution >= 0.6 is 0 Å². The summed E-state index contributed by atoms with van der Waals surface area (Å²) in [5.41, 5.74) is 10.9. The Morgan fingerprint density at radius 2 is 1.32 bits per heavy atom. The average molecular weight is 854 g/mol. The van der Waals surface area contributed by atoms with E-state index in [2.05, 4.69) is 53.8 Å². The third kappa shape index (κ3) is 11.7. The van der Waals surface area contributed by atoms with Crippen LogP contribution in [0.15, 0.2) is 119 Å². The molecule has 13 nitrogen and oxygen atoms in total. The molecule has 1 saturated heterocycles. The van der Waals surface area contributed by atoms with Gasteiger partial charge < -0.3 is 38.1 Å². The van der Waals surface area contributed by atoms with Gasteiger partial charge in [0.2, 0.25) is 0 Å². The monoisotopic (exact) mass is 854 g/mol. The van der Waals surface area contributed by atoms with Crippen LogP contribution in [0.25, 0.3) is 0 Å². The van der Waals surface area contributed by atoms with Crippen molar-refractivity contribution in [3.63, 3.8) is 0 Å². The van der Waals surface area contributed by atoms with E-state index in [-0.39, 0.29) is 49.4 Å². The lowest BCUT2D eigenvalue weighted by atomic mass is 9.84. The second kappa shape index (κ2) is 19.1. The molecule has 0 aromatic rings. The molecule has 13 heteroatoms. The van der Waals surface area contributed by atoms with E-state index in [4.69, 9.17) is 29.2 Å². The van der Waals surface area contributed by atoms with Crippen LogP contribution in [-0.2, 0) is 23.8 Å².